The van der Waals surface area contributed by atoms with Gasteiger partial charge in [-0.15, -0.1) is 11.3 Å². The van der Waals surface area contributed by atoms with Crippen molar-refractivity contribution in [1.82, 2.24) is 5.32 Å². The molecule has 1 heterocycles. The molecule has 0 saturated carbocycles. The molecule has 0 aliphatic heterocycles. The molecule has 0 aliphatic carbocycles. The van der Waals surface area contributed by atoms with Gasteiger partial charge < -0.3 is 10.1 Å². The average molecular weight is 289 g/mol. The lowest BCUT2D eigenvalue weighted by molar-refractivity contribution is -0.137. The van der Waals surface area contributed by atoms with Gasteiger partial charge in [0.05, 0.1) is 7.11 Å². The van der Waals surface area contributed by atoms with Crippen LogP contribution in [0, 0.1) is 0 Å². The molecule has 0 radical (unpaired) electrons. The van der Waals surface area contributed by atoms with E-state index in [9.17, 15) is 9.59 Å². The van der Waals surface area contributed by atoms with Crippen LogP contribution >= 0.6 is 11.3 Å². The number of carbonyl (C=O) groups is 2. The Labute approximate surface area is 121 Å². The van der Waals surface area contributed by atoms with E-state index in [1.54, 1.807) is 18.3 Å². The summed E-state index contributed by atoms with van der Waals surface area (Å²) in [7, 11) is 1.29. The summed E-state index contributed by atoms with van der Waals surface area (Å²) >= 11 is 1.60. The van der Waals surface area contributed by atoms with Gasteiger partial charge in [0, 0.05) is 17.0 Å². The van der Waals surface area contributed by atoms with Crippen molar-refractivity contribution in [3.63, 3.8) is 0 Å². The third-order valence-electron chi connectivity index (χ3n) is 2.95. The number of amides is 1. The van der Waals surface area contributed by atoms with Crippen LogP contribution in [-0.2, 0) is 14.3 Å². The molecule has 4 nitrogen and oxygen atoms in total. The molecule has 0 fully saturated rings. The largest absolute Gasteiger partial charge is 0.464 e. The Kier molecular flexibility index (Phi) is 4.20. The average Bonchev–Trinajstić information content (AvgIpc) is 2.87. The summed E-state index contributed by atoms with van der Waals surface area (Å²) in [6.07, 6.45) is 0. The Morgan fingerprint density at radius 2 is 1.90 bits per heavy atom. The molecule has 1 aromatic heterocycles. The summed E-state index contributed by atoms with van der Waals surface area (Å²) in [5.74, 6) is -0.850. The summed E-state index contributed by atoms with van der Waals surface area (Å²) in [5, 5.41) is 5.59. The van der Waals surface area contributed by atoms with Crippen molar-refractivity contribution < 1.29 is 14.3 Å². The van der Waals surface area contributed by atoms with Crippen LogP contribution in [0.5, 0.6) is 0 Å². The van der Waals surface area contributed by atoms with Crippen LogP contribution in [0.4, 0.5) is 0 Å². The fourth-order valence-electron chi connectivity index (χ4n) is 1.98. The van der Waals surface area contributed by atoms with Crippen molar-refractivity contribution in [2.45, 2.75) is 13.8 Å². The fraction of sp³-hybridized carbons (Fsp3) is 0.200. The number of esters is 1. The second-order valence-electron chi connectivity index (χ2n) is 4.32. The van der Waals surface area contributed by atoms with Crippen LogP contribution in [-0.4, -0.2) is 19.0 Å². The first-order chi connectivity index (χ1) is 9.54. The highest BCUT2D eigenvalue weighted by atomic mass is 32.1. The molecule has 0 spiro atoms. The third-order valence-corrected chi connectivity index (χ3v) is 3.91. The van der Waals surface area contributed by atoms with Crippen LogP contribution < -0.4 is 5.32 Å². The molecule has 2 rings (SSSR count). The number of methoxy groups -OCH3 is 1. The molecule has 0 aliphatic rings. The molecule has 0 atom stereocenters. The quantitative estimate of drug-likeness (QED) is 0.698. The van der Waals surface area contributed by atoms with Crippen LogP contribution in [0.15, 0.2) is 35.3 Å². The number of ether oxygens (including phenoxy) is 1. The van der Waals surface area contributed by atoms with E-state index >= 15 is 0 Å². The molecule has 20 heavy (non-hydrogen) atoms. The van der Waals surface area contributed by atoms with Crippen LogP contribution in [0.25, 0.3) is 15.7 Å². The third kappa shape index (κ3) is 2.72. The minimum absolute atomic E-state index is 0.184. The Balaban J connectivity index is 2.59. The van der Waals surface area contributed by atoms with E-state index in [4.69, 9.17) is 4.74 Å². The minimum atomic E-state index is -0.548. The first kappa shape index (κ1) is 14.3. The standard InChI is InChI=1S/C15H15NO3S/c1-9(14(15(18)19-3)16-10(2)17)12-8-20-13-7-5-4-6-11(12)13/h4-8H,1-3H3,(H,16,17)/b14-9-. The van der Waals surface area contributed by atoms with Gasteiger partial charge in [0.15, 0.2) is 0 Å². The molecular weight excluding hydrogens is 274 g/mol. The summed E-state index contributed by atoms with van der Waals surface area (Å²) in [5.41, 5.74) is 1.81. The molecule has 2 aromatic rings. The van der Waals surface area contributed by atoms with Gasteiger partial charge in [-0.25, -0.2) is 4.79 Å². The Bertz CT molecular complexity index is 700. The Morgan fingerprint density at radius 3 is 2.55 bits per heavy atom. The summed E-state index contributed by atoms with van der Waals surface area (Å²) in [6.45, 7) is 3.17. The molecular formula is C15H15NO3S. The number of benzene rings is 1. The van der Waals surface area contributed by atoms with Gasteiger partial charge in [0.25, 0.3) is 0 Å². The zero-order valence-corrected chi connectivity index (χ0v) is 12.3. The van der Waals surface area contributed by atoms with Crippen LogP contribution in [0.3, 0.4) is 0 Å². The molecule has 1 amide bonds. The van der Waals surface area contributed by atoms with E-state index in [0.29, 0.717) is 5.57 Å². The van der Waals surface area contributed by atoms with Gasteiger partial charge in [0.1, 0.15) is 5.70 Å². The number of allylic oxidation sites excluding steroid dienone is 1. The van der Waals surface area contributed by atoms with E-state index in [0.717, 1.165) is 15.6 Å². The van der Waals surface area contributed by atoms with Gasteiger partial charge in [0.2, 0.25) is 5.91 Å². The smallest absolute Gasteiger partial charge is 0.354 e. The molecule has 0 unspecified atom stereocenters. The minimum Gasteiger partial charge on any atom is -0.464 e. The number of thiophene rings is 1. The highest BCUT2D eigenvalue weighted by Crippen LogP contribution is 2.31. The maximum absolute atomic E-state index is 11.8. The molecule has 0 saturated heterocycles. The number of hydrogen-bond acceptors (Lipinski definition) is 4. The molecule has 1 N–H and O–H groups in total. The molecule has 0 bridgehead atoms. The van der Waals surface area contributed by atoms with Gasteiger partial charge in [-0.1, -0.05) is 18.2 Å². The Morgan fingerprint density at radius 1 is 1.20 bits per heavy atom. The second-order valence-corrected chi connectivity index (χ2v) is 5.23. The maximum atomic E-state index is 11.8. The van der Waals surface area contributed by atoms with Crippen LogP contribution in [0.2, 0.25) is 0 Å². The number of fused-ring (bicyclic) bond motifs is 1. The highest BCUT2D eigenvalue weighted by molar-refractivity contribution is 7.17. The number of nitrogens with one attached hydrogen (secondary N) is 1. The van der Waals surface area contributed by atoms with E-state index < -0.39 is 5.97 Å². The van der Waals surface area contributed by atoms with Gasteiger partial charge >= 0.3 is 5.97 Å². The predicted molar refractivity (Wildman–Crippen MR) is 80.3 cm³/mol. The molecule has 1 aromatic carbocycles. The summed E-state index contributed by atoms with van der Waals surface area (Å²) in [6, 6.07) is 7.93. The lowest BCUT2D eigenvalue weighted by Gasteiger charge is -2.10. The van der Waals surface area contributed by atoms with Crippen molar-refractivity contribution in [1.29, 1.82) is 0 Å². The topological polar surface area (TPSA) is 55.4 Å². The van der Waals surface area contributed by atoms with Crippen molar-refractivity contribution in [2.75, 3.05) is 7.11 Å². The highest BCUT2D eigenvalue weighted by Gasteiger charge is 2.17. The fourth-order valence-corrected chi connectivity index (χ4v) is 2.99. The lowest BCUT2D eigenvalue weighted by atomic mass is 10.0. The number of hydrogen-bond donors (Lipinski definition) is 1. The van der Waals surface area contributed by atoms with E-state index in [1.807, 2.05) is 29.6 Å². The molecule has 104 valence electrons. The van der Waals surface area contributed by atoms with Crippen LogP contribution in [0.1, 0.15) is 19.4 Å². The van der Waals surface area contributed by atoms with Crippen molar-refractivity contribution in [3.8, 4) is 0 Å². The monoisotopic (exact) mass is 289 g/mol. The maximum Gasteiger partial charge on any atom is 0.354 e. The lowest BCUT2D eigenvalue weighted by Crippen LogP contribution is -2.26. The van der Waals surface area contributed by atoms with Gasteiger partial charge in [-0.05, 0) is 29.5 Å². The zero-order chi connectivity index (χ0) is 14.7. The van der Waals surface area contributed by atoms with E-state index in [-0.39, 0.29) is 11.6 Å². The first-order valence-electron chi connectivity index (χ1n) is 6.08. The molecule has 5 heteroatoms. The Hall–Kier alpha value is -2.14. The van der Waals surface area contributed by atoms with Crippen molar-refractivity contribution >= 4 is 38.9 Å². The van der Waals surface area contributed by atoms with E-state index in [2.05, 4.69) is 5.32 Å². The van der Waals surface area contributed by atoms with E-state index in [1.165, 1.54) is 14.0 Å². The first-order valence-corrected chi connectivity index (χ1v) is 6.96. The predicted octanol–water partition coefficient (Wildman–Crippen LogP) is 2.94. The second kappa shape index (κ2) is 5.88. The van der Waals surface area contributed by atoms with Crippen molar-refractivity contribution in [2.24, 2.45) is 0 Å². The summed E-state index contributed by atoms with van der Waals surface area (Å²) < 4.78 is 5.87. The van der Waals surface area contributed by atoms with Gasteiger partial charge in [-0.2, -0.15) is 0 Å². The van der Waals surface area contributed by atoms with Gasteiger partial charge in [-0.3, -0.25) is 4.79 Å². The zero-order valence-electron chi connectivity index (χ0n) is 11.5. The number of carbonyl (C=O) groups excluding carboxylic acids is 2. The summed E-state index contributed by atoms with van der Waals surface area (Å²) in [4.78, 5) is 23.1. The number of rotatable bonds is 3. The van der Waals surface area contributed by atoms with Crippen molar-refractivity contribution in [3.05, 3.63) is 40.9 Å². The normalized spacial score (nSPS) is 11.9. The SMILES string of the molecule is COC(=O)/C(NC(C)=O)=C(\C)c1csc2ccccc12.